The van der Waals surface area contributed by atoms with Crippen LogP contribution < -0.4 is 16.2 Å². The van der Waals surface area contributed by atoms with Crippen LogP contribution in [0.3, 0.4) is 0 Å². The van der Waals surface area contributed by atoms with E-state index in [9.17, 15) is 13.2 Å². The molecule has 0 radical (unpaired) electrons. The predicted molar refractivity (Wildman–Crippen MR) is 81.7 cm³/mol. The number of aromatic nitrogens is 1. The second-order valence-corrected chi connectivity index (χ2v) is 7.22. The lowest BCUT2D eigenvalue weighted by atomic mass is 9.98. The summed E-state index contributed by atoms with van der Waals surface area (Å²) < 4.78 is 28.8. The molecular weight excluding hydrogens is 316 g/mol. The first-order valence-corrected chi connectivity index (χ1v) is 7.88. The molecule has 21 heavy (non-hydrogen) atoms. The Hall–Kier alpha value is -1.09. The Morgan fingerprint density at radius 3 is 2.48 bits per heavy atom. The van der Waals surface area contributed by atoms with E-state index in [2.05, 4.69) is 4.72 Å². The van der Waals surface area contributed by atoms with E-state index in [0.29, 0.717) is 0 Å². The fourth-order valence-electron chi connectivity index (χ4n) is 2.30. The highest BCUT2D eigenvalue weighted by Gasteiger charge is 2.43. The minimum absolute atomic E-state index is 0. The maximum atomic E-state index is 12.4. The third-order valence-corrected chi connectivity index (χ3v) is 5.39. The Morgan fingerprint density at radius 2 is 2.10 bits per heavy atom. The lowest BCUT2D eigenvalue weighted by molar-refractivity contribution is 0.0992. The minimum Gasteiger partial charge on any atom is -0.364 e. The van der Waals surface area contributed by atoms with Gasteiger partial charge in [-0.2, -0.15) is 0 Å². The molecule has 2 rings (SSSR count). The summed E-state index contributed by atoms with van der Waals surface area (Å²) in [6.45, 7) is 2.03. The van der Waals surface area contributed by atoms with Crippen LogP contribution >= 0.6 is 12.4 Å². The van der Waals surface area contributed by atoms with Crippen molar-refractivity contribution in [1.82, 2.24) is 9.29 Å². The summed E-state index contributed by atoms with van der Waals surface area (Å²) in [5.41, 5.74) is 10.4. The highest BCUT2D eigenvalue weighted by molar-refractivity contribution is 7.89. The summed E-state index contributed by atoms with van der Waals surface area (Å²) in [6.07, 6.45) is 3.31. The number of aryl methyl sites for hydroxylation is 1. The Balaban J connectivity index is 0.00000220. The standard InChI is InChI=1S/C12H20N4O3S.ClH/c1-12(7-13,8-3-4-8)15-20(18,19)9-5-10(11(14)17)16(2)6-9;/h5-6,8,15H,3-4,7,13H2,1-2H3,(H2,14,17);1H. The van der Waals surface area contributed by atoms with E-state index in [0.717, 1.165) is 12.8 Å². The van der Waals surface area contributed by atoms with Crippen LogP contribution in [0.2, 0.25) is 0 Å². The Labute approximate surface area is 130 Å². The Morgan fingerprint density at radius 1 is 1.52 bits per heavy atom. The van der Waals surface area contributed by atoms with Gasteiger partial charge in [0.25, 0.3) is 5.91 Å². The van der Waals surface area contributed by atoms with Gasteiger partial charge in [0, 0.05) is 25.3 Å². The number of nitrogens with one attached hydrogen (secondary N) is 1. The number of hydrogen-bond donors (Lipinski definition) is 3. The molecule has 1 fully saturated rings. The number of hydrogen-bond acceptors (Lipinski definition) is 4. The molecule has 1 aliphatic rings. The van der Waals surface area contributed by atoms with Crippen LogP contribution in [-0.2, 0) is 17.1 Å². The largest absolute Gasteiger partial charge is 0.364 e. The number of nitrogens with zero attached hydrogens (tertiary/aromatic N) is 1. The zero-order chi connectivity index (χ0) is 15.1. The van der Waals surface area contributed by atoms with Gasteiger partial charge in [-0.25, -0.2) is 13.1 Å². The van der Waals surface area contributed by atoms with E-state index >= 15 is 0 Å². The van der Waals surface area contributed by atoms with E-state index in [1.165, 1.54) is 16.8 Å². The highest BCUT2D eigenvalue weighted by Crippen LogP contribution is 2.39. The third-order valence-electron chi connectivity index (χ3n) is 3.81. The first kappa shape index (κ1) is 18.0. The van der Waals surface area contributed by atoms with E-state index in [1.54, 1.807) is 14.0 Å². The lowest BCUT2D eigenvalue weighted by Gasteiger charge is -2.28. The molecule has 5 N–H and O–H groups in total. The van der Waals surface area contributed by atoms with Crippen LogP contribution in [0, 0.1) is 5.92 Å². The number of carbonyl (C=O) groups is 1. The molecule has 0 bridgehead atoms. The van der Waals surface area contributed by atoms with Gasteiger partial charge in [-0.1, -0.05) is 0 Å². The molecule has 0 aliphatic heterocycles. The number of halogens is 1. The topological polar surface area (TPSA) is 120 Å². The van der Waals surface area contributed by atoms with Crippen LogP contribution in [0.25, 0.3) is 0 Å². The molecule has 1 saturated carbocycles. The Kier molecular flexibility index (Phi) is 5.09. The first-order valence-electron chi connectivity index (χ1n) is 6.40. The van der Waals surface area contributed by atoms with Crippen molar-refractivity contribution in [1.29, 1.82) is 0 Å². The van der Waals surface area contributed by atoms with Crippen molar-refractivity contribution in [2.45, 2.75) is 30.2 Å². The zero-order valence-corrected chi connectivity index (χ0v) is 13.6. The zero-order valence-electron chi connectivity index (χ0n) is 12.0. The van der Waals surface area contributed by atoms with Gasteiger partial charge in [-0.15, -0.1) is 12.4 Å². The van der Waals surface area contributed by atoms with Crippen LogP contribution in [0.4, 0.5) is 0 Å². The molecule has 0 saturated heterocycles. The molecule has 0 aromatic carbocycles. The first-order chi connectivity index (χ1) is 9.19. The van der Waals surface area contributed by atoms with Gasteiger partial charge in [-0.05, 0) is 31.7 Å². The predicted octanol–water partition coefficient (Wildman–Crippen LogP) is -0.0485. The average Bonchev–Trinajstić information content (AvgIpc) is 3.12. The molecule has 1 atom stereocenters. The summed E-state index contributed by atoms with van der Waals surface area (Å²) in [7, 11) is -2.16. The molecule has 1 unspecified atom stereocenters. The van der Waals surface area contributed by atoms with Gasteiger partial charge >= 0.3 is 0 Å². The monoisotopic (exact) mass is 336 g/mol. The van der Waals surface area contributed by atoms with Crippen LogP contribution in [0.15, 0.2) is 17.2 Å². The highest BCUT2D eigenvalue weighted by atomic mass is 35.5. The minimum atomic E-state index is -3.73. The molecule has 1 aromatic heterocycles. The second-order valence-electron chi connectivity index (χ2n) is 5.54. The van der Waals surface area contributed by atoms with Crippen LogP contribution in [-0.4, -0.2) is 31.0 Å². The molecular formula is C12H21ClN4O3S. The molecule has 0 spiro atoms. The number of carbonyl (C=O) groups excluding carboxylic acids is 1. The van der Waals surface area contributed by atoms with Gasteiger partial charge in [0.05, 0.1) is 0 Å². The van der Waals surface area contributed by atoms with Crippen molar-refractivity contribution >= 4 is 28.3 Å². The van der Waals surface area contributed by atoms with Gasteiger partial charge in [0.2, 0.25) is 10.0 Å². The molecule has 1 amide bonds. The summed E-state index contributed by atoms with van der Waals surface area (Å²) >= 11 is 0. The fourth-order valence-corrected chi connectivity index (χ4v) is 3.85. The molecule has 7 nitrogen and oxygen atoms in total. The summed E-state index contributed by atoms with van der Waals surface area (Å²) in [4.78, 5) is 11.2. The molecule has 120 valence electrons. The Bertz CT molecular complexity index is 639. The average molecular weight is 337 g/mol. The summed E-state index contributed by atoms with van der Waals surface area (Å²) in [5, 5.41) is 0. The van der Waals surface area contributed by atoms with E-state index < -0.39 is 21.5 Å². The van der Waals surface area contributed by atoms with Crippen molar-refractivity contribution in [2.75, 3.05) is 6.54 Å². The number of primary amides is 1. The molecule has 1 aromatic rings. The fraction of sp³-hybridized carbons (Fsp3) is 0.583. The summed E-state index contributed by atoms with van der Waals surface area (Å²) in [5.74, 6) is -0.403. The quantitative estimate of drug-likeness (QED) is 0.674. The van der Waals surface area contributed by atoms with Gasteiger partial charge in [0.15, 0.2) is 0 Å². The SMILES string of the molecule is Cl.Cn1cc(S(=O)(=O)NC(C)(CN)C2CC2)cc1C(N)=O. The third kappa shape index (κ3) is 3.57. The normalized spacial score (nSPS) is 17.9. The van der Waals surface area contributed by atoms with Gasteiger partial charge in [0.1, 0.15) is 10.6 Å². The maximum Gasteiger partial charge on any atom is 0.265 e. The number of nitrogens with two attached hydrogens (primary N) is 2. The summed E-state index contributed by atoms with van der Waals surface area (Å²) in [6, 6.07) is 1.27. The smallest absolute Gasteiger partial charge is 0.265 e. The van der Waals surface area contributed by atoms with Crippen molar-refractivity contribution in [3.05, 3.63) is 18.0 Å². The van der Waals surface area contributed by atoms with Crippen LogP contribution in [0.5, 0.6) is 0 Å². The van der Waals surface area contributed by atoms with Crippen molar-refractivity contribution in [3.8, 4) is 0 Å². The van der Waals surface area contributed by atoms with Crippen LogP contribution in [0.1, 0.15) is 30.3 Å². The molecule has 1 aliphatic carbocycles. The number of rotatable bonds is 6. The van der Waals surface area contributed by atoms with Crippen molar-refractivity contribution in [3.63, 3.8) is 0 Å². The molecule has 9 heteroatoms. The van der Waals surface area contributed by atoms with Crippen molar-refractivity contribution in [2.24, 2.45) is 24.4 Å². The number of sulfonamides is 1. The maximum absolute atomic E-state index is 12.4. The number of amides is 1. The van der Waals surface area contributed by atoms with E-state index in [1.807, 2.05) is 0 Å². The second kappa shape index (κ2) is 5.96. The molecule has 1 heterocycles. The van der Waals surface area contributed by atoms with Crippen molar-refractivity contribution < 1.29 is 13.2 Å². The van der Waals surface area contributed by atoms with Gasteiger partial charge < -0.3 is 16.0 Å². The van der Waals surface area contributed by atoms with E-state index in [-0.39, 0.29) is 35.5 Å². The van der Waals surface area contributed by atoms with E-state index in [4.69, 9.17) is 11.5 Å². The lowest BCUT2D eigenvalue weighted by Crippen LogP contribution is -2.52. The van der Waals surface area contributed by atoms with Gasteiger partial charge in [-0.3, -0.25) is 4.79 Å².